The first-order chi connectivity index (χ1) is 22.9. The number of likely N-dealkylation sites (tertiary alicyclic amines) is 1. The fourth-order valence-electron chi connectivity index (χ4n) is 7.34. The molecule has 10 atom stereocenters. The van der Waals surface area contributed by atoms with Gasteiger partial charge in [-0.25, -0.2) is 0 Å². The zero-order valence-electron chi connectivity index (χ0n) is 33.3. The molecule has 3 N–H and O–H groups in total. The molecule has 1 aliphatic heterocycles. The molecule has 0 bridgehead atoms. The van der Waals surface area contributed by atoms with Gasteiger partial charge >= 0.3 is 0 Å². The molecule has 49 heavy (non-hydrogen) atoms. The fraction of sp³-hybridized carbons (Fsp3) is 0.889. The summed E-state index contributed by atoms with van der Waals surface area (Å²) in [5.74, 6) is -0.910. The molecule has 1 aliphatic rings. The number of ether oxygens (including phenoxy) is 3. The van der Waals surface area contributed by atoms with Gasteiger partial charge in [0.1, 0.15) is 13.9 Å². The summed E-state index contributed by atoms with van der Waals surface area (Å²) in [6.07, 6.45) is 0.781. The minimum absolute atomic E-state index is 0.0136. The Hall–Kier alpha value is -2.22. The molecule has 284 valence electrons. The van der Waals surface area contributed by atoms with E-state index >= 15 is 0 Å². The lowest BCUT2D eigenvalue weighted by molar-refractivity contribution is -0.148. The lowest BCUT2D eigenvalue weighted by Gasteiger charge is -2.41. The highest BCUT2D eigenvalue weighted by Gasteiger charge is 2.45. The first kappa shape index (κ1) is 44.8. The number of nitrogens with one attached hydrogen (secondary N) is 3. The van der Waals surface area contributed by atoms with E-state index in [0.29, 0.717) is 18.9 Å². The summed E-state index contributed by atoms with van der Waals surface area (Å²) in [5, 5.41) is 9.16. The molecule has 4 amide bonds. The van der Waals surface area contributed by atoms with Crippen molar-refractivity contribution >= 4 is 31.5 Å². The van der Waals surface area contributed by atoms with E-state index in [-0.39, 0.29) is 65.9 Å². The van der Waals surface area contributed by atoms with Gasteiger partial charge in [0.25, 0.3) is 0 Å². The summed E-state index contributed by atoms with van der Waals surface area (Å²) in [5.41, 5.74) is 0. The van der Waals surface area contributed by atoms with Gasteiger partial charge < -0.3 is 40.0 Å². The number of hydrogen-bond acceptors (Lipinski definition) is 8. The summed E-state index contributed by atoms with van der Waals surface area (Å²) in [7, 11) is 10.2. The highest BCUT2D eigenvalue weighted by Crippen LogP contribution is 2.31. The number of carbonyl (C=O) groups is 4. The van der Waals surface area contributed by atoms with Crippen molar-refractivity contribution in [2.45, 2.75) is 136 Å². The van der Waals surface area contributed by atoms with E-state index in [4.69, 9.17) is 14.2 Å². The van der Waals surface area contributed by atoms with Gasteiger partial charge in [-0.05, 0) is 49.5 Å². The Kier molecular flexibility index (Phi) is 19.4. The molecule has 13 heteroatoms. The van der Waals surface area contributed by atoms with E-state index in [1.807, 2.05) is 56.3 Å². The van der Waals surface area contributed by atoms with Crippen LogP contribution in [0.1, 0.15) is 88.0 Å². The van der Waals surface area contributed by atoms with Crippen molar-refractivity contribution in [3.8, 4) is 0 Å². The molecular weight excluding hydrogens is 625 g/mol. The number of methoxy groups -OCH3 is 3. The Morgan fingerprint density at radius 3 is 1.94 bits per heavy atom. The van der Waals surface area contributed by atoms with E-state index < -0.39 is 36.3 Å². The maximum atomic E-state index is 14.2. The molecule has 0 saturated carbocycles. The van der Waals surface area contributed by atoms with Gasteiger partial charge in [-0.2, -0.15) is 0 Å². The molecule has 12 nitrogen and oxygen atoms in total. The number of nitrogens with zero attached hydrogens (tertiary/aromatic N) is 2. The Morgan fingerprint density at radius 2 is 1.49 bits per heavy atom. The predicted octanol–water partition coefficient (Wildman–Crippen LogP) is 2.04. The van der Waals surface area contributed by atoms with Gasteiger partial charge in [-0.15, -0.1) is 0 Å². The monoisotopic (exact) mass is 696 g/mol. The molecular formula is C36H70BN5O7. The Bertz CT molecular complexity index is 1050. The molecule has 0 aromatic carbocycles. The van der Waals surface area contributed by atoms with Crippen LogP contribution in [0.2, 0.25) is 0 Å². The van der Waals surface area contributed by atoms with Crippen molar-refractivity contribution < 1.29 is 33.4 Å². The van der Waals surface area contributed by atoms with E-state index in [2.05, 4.69) is 29.8 Å². The van der Waals surface area contributed by atoms with Crippen LogP contribution in [0.5, 0.6) is 0 Å². The molecule has 1 fully saturated rings. The summed E-state index contributed by atoms with van der Waals surface area (Å²) >= 11 is 0. The Labute approximate surface area is 298 Å². The largest absolute Gasteiger partial charge is 0.380 e. The molecule has 0 aromatic rings. The zero-order chi connectivity index (χ0) is 37.7. The number of hydrogen-bond donors (Lipinski definition) is 3. The van der Waals surface area contributed by atoms with Crippen molar-refractivity contribution in [1.29, 1.82) is 0 Å². The second-order valence-electron chi connectivity index (χ2n) is 15.3. The third kappa shape index (κ3) is 12.5. The standard InChI is InChI=1S/C36H70BN5O7/c1-15-23(8)32(41(11)36(46)31(22(6)7)40-35(45)30(38-10)21(4)5)27(48-13)18-29(43)42-19-25(47-12)17-26(42)33(49-14)24(9)34(44)39-28(37)16-20(2)3/h20-28,30-33,38H,15-19,37H2,1-14H3,(H,39,44)(H,40,45)/t23-,24+,25+,26-,27+,28-,30-,31-,32-,33+/m0/s1. The van der Waals surface area contributed by atoms with Crippen LogP contribution in [0.25, 0.3) is 0 Å². The van der Waals surface area contributed by atoms with Crippen LogP contribution in [0.3, 0.4) is 0 Å². The van der Waals surface area contributed by atoms with Gasteiger partial charge in [-0.3, -0.25) is 19.2 Å². The summed E-state index contributed by atoms with van der Waals surface area (Å²) in [6.45, 7) is 18.3. The third-order valence-corrected chi connectivity index (χ3v) is 10.3. The fourth-order valence-corrected chi connectivity index (χ4v) is 7.34. The van der Waals surface area contributed by atoms with Gasteiger partial charge in [0.05, 0.1) is 48.8 Å². The van der Waals surface area contributed by atoms with E-state index in [1.54, 1.807) is 45.2 Å². The quantitative estimate of drug-likeness (QED) is 0.155. The topological polar surface area (TPSA) is 139 Å². The number of carbonyl (C=O) groups excluding carboxylic acids is 4. The number of rotatable bonds is 21. The Balaban J connectivity index is 3.33. The molecule has 0 aliphatic carbocycles. The second kappa shape index (κ2) is 21.2. The van der Waals surface area contributed by atoms with E-state index in [0.717, 1.165) is 12.8 Å². The molecule has 0 radical (unpaired) electrons. The van der Waals surface area contributed by atoms with Crippen LogP contribution in [-0.4, -0.2) is 132 Å². The SMILES string of the molecule is B[C@H](CC(C)C)NC(=O)[C@H](C)[C@@H](OC)[C@@H]1C[C@@H](OC)CN1C(=O)C[C@@H](OC)[C@H]([C@@H](C)CC)N(C)C(=O)[C@@H](NC(=O)[C@@H](NC)C(C)C)C(C)C. The van der Waals surface area contributed by atoms with Crippen molar-refractivity contribution in [1.82, 2.24) is 25.8 Å². The van der Waals surface area contributed by atoms with Crippen molar-refractivity contribution in [3.63, 3.8) is 0 Å². The highest BCUT2D eigenvalue weighted by molar-refractivity contribution is 6.13. The molecule has 0 aromatic heterocycles. The van der Waals surface area contributed by atoms with Crippen LogP contribution in [0, 0.1) is 29.6 Å². The molecule has 1 rings (SSSR count). The average Bonchev–Trinajstić information content (AvgIpc) is 3.46. The van der Waals surface area contributed by atoms with Gasteiger partial charge in [-0.1, -0.05) is 68.7 Å². The maximum Gasteiger partial charge on any atom is 0.245 e. The molecule has 0 spiro atoms. The van der Waals surface area contributed by atoms with Gasteiger partial charge in [0.2, 0.25) is 23.6 Å². The minimum atomic E-state index is -0.754. The average molecular weight is 696 g/mol. The lowest BCUT2D eigenvalue weighted by Crippen LogP contribution is -2.59. The van der Waals surface area contributed by atoms with Crippen LogP contribution >= 0.6 is 0 Å². The summed E-state index contributed by atoms with van der Waals surface area (Å²) in [4.78, 5) is 58.3. The predicted molar refractivity (Wildman–Crippen MR) is 197 cm³/mol. The summed E-state index contributed by atoms with van der Waals surface area (Å²) < 4.78 is 17.7. The van der Waals surface area contributed by atoms with Crippen LogP contribution in [0.4, 0.5) is 0 Å². The van der Waals surface area contributed by atoms with Crippen LogP contribution in [0.15, 0.2) is 0 Å². The third-order valence-electron chi connectivity index (χ3n) is 10.3. The summed E-state index contributed by atoms with van der Waals surface area (Å²) in [6, 6.07) is -2.02. The lowest BCUT2D eigenvalue weighted by atomic mass is 9.86. The smallest absolute Gasteiger partial charge is 0.245 e. The first-order valence-corrected chi connectivity index (χ1v) is 18.3. The normalized spacial score (nSPS) is 21.5. The van der Waals surface area contributed by atoms with Crippen LogP contribution in [-0.2, 0) is 33.4 Å². The van der Waals surface area contributed by atoms with Crippen LogP contribution < -0.4 is 16.0 Å². The molecule has 0 unspecified atom stereocenters. The van der Waals surface area contributed by atoms with Crippen molar-refractivity contribution in [2.75, 3.05) is 42.0 Å². The van der Waals surface area contributed by atoms with E-state index in [9.17, 15) is 19.2 Å². The Morgan fingerprint density at radius 1 is 0.898 bits per heavy atom. The minimum Gasteiger partial charge on any atom is -0.380 e. The zero-order valence-corrected chi connectivity index (χ0v) is 33.3. The number of likely N-dealkylation sites (N-methyl/N-ethyl adjacent to an activating group) is 2. The van der Waals surface area contributed by atoms with Crippen molar-refractivity contribution in [3.05, 3.63) is 0 Å². The second-order valence-corrected chi connectivity index (χ2v) is 15.3. The molecule has 1 heterocycles. The van der Waals surface area contributed by atoms with Gasteiger partial charge in [0, 0.05) is 34.9 Å². The maximum absolute atomic E-state index is 14.2. The number of amides is 4. The first-order valence-electron chi connectivity index (χ1n) is 18.3. The van der Waals surface area contributed by atoms with Gasteiger partial charge in [0.15, 0.2) is 0 Å². The van der Waals surface area contributed by atoms with Crippen molar-refractivity contribution in [2.24, 2.45) is 29.6 Å². The van der Waals surface area contributed by atoms with E-state index in [1.165, 1.54) is 0 Å². The molecule has 1 saturated heterocycles. The highest BCUT2D eigenvalue weighted by atomic mass is 16.5.